The Balaban J connectivity index is 1.77. The zero-order chi connectivity index (χ0) is 14.7. The first-order valence-electron chi connectivity index (χ1n) is 7.85. The van der Waals surface area contributed by atoms with Crippen LogP contribution in [0.5, 0.6) is 0 Å². The van der Waals surface area contributed by atoms with Crippen molar-refractivity contribution in [2.45, 2.75) is 32.4 Å². The van der Waals surface area contributed by atoms with Crippen molar-refractivity contribution in [3.63, 3.8) is 0 Å². The van der Waals surface area contributed by atoms with E-state index in [1.54, 1.807) is 0 Å². The molecule has 0 aliphatic carbocycles. The number of fused-ring (bicyclic) bond motifs is 1. The lowest BCUT2D eigenvalue weighted by Gasteiger charge is -2.28. The van der Waals surface area contributed by atoms with E-state index in [2.05, 4.69) is 47.4 Å². The minimum absolute atomic E-state index is 0.277. The highest BCUT2D eigenvalue weighted by Gasteiger charge is 2.22. The Kier molecular flexibility index (Phi) is 4.36. The molecule has 0 amide bonds. The van der Waals surface area contributed by atoms with Crippen LogP contribution in [0.25, 0.3) is 0 Å². The van der Waals surface area contributed by atoms with Crippen LogP contribution in [0.1, 0.15) is 29.7 Å². The molecule has 0 radical (unpaired) electrons. The smallest absolute Gasteiger partial charge is 0.0538 e. The lowest BCUT2D eigenvalue weighted by Crippen LogP contribution is -2.35. The second kappa shape index (κ2) is 6.41. The summed E-state index contributed by atoms with van der Waals surface area (Å²) in [7, 11) is 0. The van der Waals surface area contributed by atoms with Gasteiger partial charge in [-0.1, -0.05) is 24.3 Å². The molecule has 2 heterocycles. The lowest BCUT2D eigenvalue weighted by atomic mass is 10.0. The van der Waals surface area contributed by atoms with Crippen LogP contribution < -0.4 is 5.73 Å². The Morgan fingerprint density at radius 1 is 1.19 bits per heavy atom. The van der Waals surface area contributed by atoms with Gasteiger partial charge in [0.05, 0.1) is 12.2 Å². The van der Waals surface area contributed by atoms with Gasteiger partial charge in [-0.2, -0.15) is 5.10 Å². The molecule has 1 atom stereocenters. The Bertz CT molecular complexity index is 563. The van der Waals surface area contributed by atoms with Gasteiger partial charge in [-0.25, -0.2) is 0 Å². The number of nitrogens with zero attached hydrogens (tertiary/aromatic N) is 3. The monoisotopic (exact) mass is 284 g/mol. The summed E-state index contributed by atoms with van der Waals surface area (Å²) in [5, 5.41) is 4.40. The molecule has 1 aromatic carbocycles. The second-order valence-electron chi connectivity index (χ2n) is 5.69. The maximum absolute atomic E-state index is 6.06. The maximum atomic E-state index is 6.06. The van der Waals surface area contributed by atoms with E-state index in [0.29, 0.717) is 6.54 Å². The van der Waals surface area contributed by atoms with Crippen LogP contribution in [0.15, 0.2) is 36.7 Å². The van der Waals surface area contributed by atoms with Crippen molar-refractivity contribution in [2.24, 2.45) is 5.73 Å². The molecule has 2 N–H and O–H groups in total. The van der Waals surface area contributed by atoms with Crippen LogP contribution in [0, 0.1) is 0 Å². The molecule has 112 valence electrons. The highest BCUT2D eigenvalue weighted by molar-refractivity contribution is 5.29. The molecule has 21 heavy (non-hydrogen) atoms. The van der Waals surface area contributed by atoms with Gasteiger partial charge in [0.15, 0.2) is 0 Å². The minimum atomic E-state index is 0.277. The van der Waals surface area contributed by atoms with Gasteiger partial charge in [-0.3, -0.25) is 9.58 Å². The van der Waals surface area contributed by atoms with Crippen LogP contribution in [0.3, 0.4) is 0 Å². The zero-order valence-electron chi connectivity index (χ0n) is 12.7. The quantitative estimate of drug-likeness (QED) is 0.934. The van der Waals surface area contributed by atoms with E-state index in [9.17, 15) is 0 Å². The van der Waals surface area contributed by atoms with E-state index in [1.165, 1.54) is 16.7 Å². The fourth-order valence-electron chi connectivity index (χ4n) is 3.22. The predicted molar refractivity (Wildman–Crippen MR) is 85.1 cm³/mol. The van der Waals surface area contributed by atoms with Gasteiger partial charge in [0, 0.05) is 37.9 Å². The fraction of sp³-hybridized carbons (Fsp3) is 0.471. The predicted octanol–water partition coefficient (Wildman–Crippen LogP) is 2.00. The Labute approximate surface area is 126 Å². The Hall–Kier alpha value is -1.65. The zero-order valence-corrected chi connectivity index (χ0v) is 12.7. The number of aryl methyl sites for hydroxylation is 1. The van der Waals surface area contributed by atoms with Gasteiger partial charge in [0.2, 0.25) is 0 Å². The van der Waals surface area contributed by atoms with E-state index in [1.807, 2.05) is 10.9 Å². The molecule has 3 rings (SSSR count). The molecular formula is C17H24N4. The maximum Gasteiger partial charge on any atom is 0.0538 e. The lowest BCUT2D eigenvalue weighted by molar-refractivity contribution is 0.211. The molecule has 1 unspecified atom stereocenters. The molecule has 0 saturated heterocycles. The molecule has 0 saturated carbocycles. The largest absolute Gasteiger partial charge is 0.329 e. The van der Waals surface area contributed by atoms with Crippen molar-refractivity contribution in [3.8, 4) is 0 Å². The van der Waals surface area contributed by atoms with Crippen LogP contribution in [-0.4, -0.2) is 34.3 Å². The first-order valence-corrected chi connectivity index (χ1v) is 7.85. The summed E-state index contributed by atoms with van der Waals surface area (Å²) in [4.78, 5) is 2.51. The summed E-state index contributed by atoms with van der Waals surface area (Å²) < 4.78 is 1.98. The Morgan fingerprint density at radius 3 is 2.38 bits per heavy atom. The van der Waals surface area contributed by atoms with Crippen molar-refractivity contribution in [1.82, 2.24) is 14.7 Å². The summed E-state index contributed by atoms with van der Waals surface area (Å²) in [6, 6.07) is 9.07. The number of hydrogen-bond acceptors (Lipinski definition) is 3. The van der Waals surface area contributed by atoms with Crippen LogP contribution in [0.2, 0.25) is 0 Å². The van der Waals surface area contributed by atoms with E-state index in [-0.39, 0.29) is 6.04 Å². The summed E-state index contributed by atoms with van der Waals surface area (Å²) in [5.41, 5.74) is 10.3. The number of benzene rings is 1. The van der Waals surface area contributed by atoms with Crippen molar-refractivity contribution in [1.29, 1.82) is 0 Å². The van der Waals surface area contributed by atoms with E-state index < -0.39 is 0 Å². The topological polar surface area (TPSA) is 47.1 Å². The number of nitrogens with two attached hydrogens (primary N) is 1. The van der Waals surface area contributed by atoms with Crippen molar-refractivity contribution < 1.29 is 0 Å². The van der Waals surface area contributed by atoms with Crippen molar-refractivity contribution in [2.75, 3.05) is 19.6 Å². The van der Waals surface area contributed by atoms with Gasteiger partial charge < -0.3 is 5.73 Å². The third-order valence-corrected chi connectivity index (χ3v) is 4.48. The van der Waals surface area contributed by atoms with Crippen molar-refractivity contribution >= 4 is 0 Å². The number of rotatable bonds is 4. The molecule has 0 spiro atoms. The summed E-state index contributed by atoms with van der Waals surface area (Å²) in [6.07, 6.45) is 6.32. The van der Waals surface area contributed by atoms with Gasteiger partial charge in [-0.05, 0) is 30.9 Å². The molecule has 2 aromatic rings. The Morgan fingerprint density at radius 2 is 1.86 bits per heavy atom. The summed E-state index contributed by atoms with van der Waals surface area (Å²) in [5.74, 6) is 0. The average molecular weight is 284 g/mol. The van der Waals surface area contributed by atoms with Gasteiger partial charge in [0.25, 0.3) is 0 Å². The standard InChI is InChI=1S/C17H24N4/c1-2-21-13-16(12-19-21)17(11-18)20-9-7-14-5-3-4-6-15(14)8-10-20/h3-6,12-13,17H,2,7-11,18H2,1H3. The molecule has 4 heteroatoms. The molecule has 1 aliphatic heterocycles. The second-order valence-corrected chi connectivity index (χ2v) is 5.69. The molecule has 0 bridgehead atoms. The van der Waals surface area contributed by atoms with Gasteiger partial charge >= 0.3 is 0 Å². The first-order chi connectivity index (χ1) is 10.3. The highest BCUT2D eigenvalue weighted by atomic mass is 15.3. The van der Waals surface area contributed by atoms with Crippen LogP contribution >= 0.6 is 0 Å². The summed E-state index contributed by atoms with van der Waals surface area (Å²) in [6.45, 7) is 5.79. The van der Waals surface area contributed by atoms with E-state index >= 15 is 0 Å². The average Bonchev–Trinajstić information content (AvgIpc) is 2.89. The van der Waals surface area contributed by atoms with E-state index in [4.69, 9.17) is 5.73 Å². The highest BCUT2D eigenvalue weighted by Crippen LogP contribution is 2.24. The molecular weight excluding hydrogens is 260 g/mol. The van der Waals surface area contributed by atoms with Gasteiger partial charge in [0.1, 0.15) is 0 Å². The molecule has 1 aliphatic rings. The third kappa shape index (κ3) is 3.01. The molecule has 4 nitrogen and oxygen atoms in total. The van der Waals surface area contributed by atoms with Crippen LogP contribution in [0.4, 0.5) is 0 Å². The van der Waals surface area contributed by atoms with Crippen molar-refractivity contribution in [3.05, 3.63) is 53.3 Å². The molecule has 1 aromatic heterocycles. The fourth-order valence-corrected chi connectivity index (χ4v) is 3.22. The first kappa shape index (κ1) is 14.3. The van der Waals surface area contributed by atoms with Gasteiger partial charge in [-0.15, -0.1) is 0 Å². The summed E-state index contributed by atoms with van der Waals surface area (Å²) >= 11 is 0. The normalized spacial score (nSPS) is 17.2. The minimum Gasteiger partial charge on any atom is -0.329 e. The molecule has 0 fully saturated rings. The van der Waals surface area contributed by atoms with E-state index in [0.717, 1.165) is 32.5 Å². The number of aromatic nitrogens is 2. The third-order valence-electron chi connectivity index (χ3n) is 4.48. The SMILES string of the molecule is CCn1cc(C(CN)N2CCc3ccccc3CC2)cn1. The van der Waals surface area contributed by atoms with Crippen LogP contribution in [-0.2, 0) is 19.4 Å². The number of hydrogen-bond donors (Lipinski definition) is 1.